The predicted molar refractivity (Wildman–Crippen MR) is 112 cm³/mol. The smallest absolute Gasteiger partial charge is 0.311 e. The minimum Gasteiger partial charge on any atom is -0.492 e. The van der Waals surface area contributed by atoms with E-state index in [-0.39, 0.29) is 18.9 Å². The lowest BCUT2D eigenvalue weighted by molar-refractivity contribution is -0.151. The molecule has 0 unspecified atom stereocenters. The van der Waals surface area contributed by atoms with Crippen LogP contribution in [0.4, 0.5) is 11.4 Å². The largest absolute Gasteiger partial charge is 0.492 e. The number of hydrogen-bond acceptors (Lipinski definition) is 5. The minimum atomic E-state index is -0.602. The maximum absolute atomic E-state index is 12.3. The summed E-state index contributed by atoms with van der Waals surface area (Å²) in [5.74, 6) is -1.24. The highest BCUT2D eigenvalue weighted by Crippen LogP contribution is 2.27. The second-order valence-electron chi connectivity index (χ2n) is 6.47. The first-order valence-electron chi connectivity index (χ1n) is 9.22. The van der Waals surface area contributed by atoms with Crippen LogP contribution in [-0.4, -0.2) is 37.5 Å². The molecule has 2 aromatic rings. The molecule has 152 valence electrons. The second kappa shape index (κ2) is 9.56. The van der Waals surface area contributed by atoms with Gasteiger partial charge in [-0.1, -0.05) is 28.1 Å². The van der Waals surface area contributed by atoms with Crippen LogP contribution in [0.2, 0.25) is 0 Å². The average Bonchev–Trinajstić information content (AvgIpc) is 3.10. The van der Waals surface area contributed by atoms with Crippen LogP contribution in [0.25, 0.3) is 0 Å². The monoisotopic (exact) mass is 460 g/mol. The molecule has 1 aliphatic rings. The number of para-hydroxylation sites is 2. The highest BCUT2D eigenvalue weighted by atomic mass is 79.9. The molecule has 2 aromatic carbocycles. The number of nitrogens with zero attached hydrogens (tertiary/aromatic N) is 1. The summed E-state index contributed by atoms with van der Waals surface area (Å²) in [5, 5.41) is 2.67. The quantitative estimate of drug-likeness (QED) is 0.640. The van der Waals surface area contributed by atoms with E-state index in [4.69, 9.17) is 9.47 Å². The van der Waals surface area contributed by atoms with Crippen LogP contribution in [0.5, 0.6) is 5.75 Å². The van der Waals surface area contributed by atoms with Crippen molar-refractivity contribution in [3.63, 3.8) is 0 Å². The Kier molecular flexibility index (Phi) is 6.87. The standard InChI is InChI=1S/C21H21BrN2O5/c1-2-28-18-6-4-3-5-17(18)23-19(25)13-29-21(27)14-11-20(26)24(12-14)16-9-7-15(22)8-10-16/h3-10,14H,2,11-13H2,1H3,(H,23,25)/t14-/m0/s1. The number of hydrogen-bond donors (Lipinski definition) is 1. The van der Waals surface area contributed by atoms with Gasteiger partial charge in [-0.3, -0.25) is 14.4 Å². The van der Waals surface area contributed by atoms with Crippen molar-refractivity contribution in [1.82, 2.24) is 0 Å². The number of esters is 1. The zero-order valence-corrected chi connectivity index (χ0v) is 17.5. The fourth-order valence-electron chi connectivity index (χ4n) is 3.03. The van der Waals surface area contributed by atoms with Crippen molar-refractivity contribution in [2.24, 2.45) is 5.92 Å². The van der Waals surface area contributed by atoms with Crippen LogP contribution in [-0.2, 0) is 19.1 Å². The van der Waals surface area contributed by atoms with E-state index in [9.17, 15) is 14.4 Å². The molecule has 1 atom stereocenters. The molecule has 1 heterocycles. The van der Waals surface area contributed by atoms with Crippen LogP contribution in [0.15, 0.2) is 53.0 Å². The van der Waals surface area contributed by atoms with Crippen molar-refractivity contribution in [3.05, 3.63) is 53.0 Å². The molecule has 7 nitrogen and oxygen atoms in total. The van der Waals surface area contributed by atoms with E-state index in [1.165, 1.54) is 0 Å². The first-order valence-corrected chi connectivity index (χ1v) is 10.0. The van der Waals surface area contributed by atoms with Crippen LogP contribution in [0, 0.1) is 5.92 Å². The van der Waals surface area contributed by atoms with Gasteiger partial charge in [-0.25, -0.2) is 0 Å². The van der Waals surface area contributed by atoms with E-state index in [1.54, 1.807) is 41.3 Å². The molecule has 0 aromatic heterocycles. The number of nitrogens with one attached hydrogen (secondary N) is 1. The van der Waals surface area contributed by atoms with Crippen LogP contribution >= 0.6 is 15.9 Å². The summed E-state index contributed by atoms with van der Waals surface area (Å²) in [5.41, 5.74) is 1.23. The predicted octanol–water partition coefficient (Wildman–Crippen LogP) is 3.38. The zero-order valence-electron chi connectivity index (χ0n) is 15.9. The summed E-state index contributed by atoms with van der Waals surface area (Å²) >= 11 is 3.35. The summed E-state index contributed by atoms with van der Waals surface area (Å²) in [6, 6.07) is 14.3. The lowest BCUT2D eigenvalue weighted by Gasteiger charge is -2.16. The van der Waals surface area contributed by atoms with E-state index >= 15 is 0 Å². The molecule has 0 aliphatic carbocycles. The summed E-state index contributed by atoms with van der Waals surface area (Å²) in [7, 11) is 0. The van der Waals surface area contributed by atoms with E-state index in [1.807, 2.05) is 19.1 Å². The molecular weight excluding hydrogens is 440 g/mol. The Labute approximate surface area is 177 Å². The summed E-state index contributed by atoms with van der Waals surface area (Å²) in [6.45, 7) is 2.11. The Morgan fingerprint density at radius 1 is 1.17 bits per heavy atom. The summed E-state index contributed by atoms with van der Waals surface area (Å²) < 4.78 is 11.5. The third-order valence-corrected chi connectivity index (χ3v) is 4.93. The topological polar surface area (TPSA) is 84.9 Å². The number of benzene rings is 2. The number of ether oxygens (including phenoxy) is 2. The fourth-order valence-corrected chi connectivity index (χ4v) is 3.29. The van der Waals surface area contributed by atoms with Gasteiger partial charge in [-0.05, 0) is 43.3 Å². The maximum atomic E-state index is 12.3. The molecule has 0 radical (unpaired) electrons. The van der Waals surface area contributed by atoms with Crippen molar-refractivity contribution in [2.45, 2.75) is 13.3 Å². The van der Waals surface area contributed by atoms with Gasteiger partial charge in [-0.15, -0.1) is 0 Å². The summed E-state index contributed by atoms with van der Waals surface area (Å²) in [6.07, 6.45) is 0.0592. The van der Waals surface area contributed by atoms with Crippen LogP contribution in [0.3, 0.4) is 0 Å². The Morgan fingerprint density at radius 2 is 1.90 bits per heavy atom. The average molecular weight is 461 g/mol. The van der Waals surface area contributed by atoms with Gasteiger partial charge in [0.25, 0.3) is 5.91 Å². The number of halogens is 1. The fraction of sp³-hybridized carbons (Fsp3) is 0.286. The van der Waals surface area contributed by atoms with Crippen molar-refractivity contribution in [3.8, 4) is 5.75 Å². The molecule has 0 saturated carbocycles. The van der Waals surface area contributed by atoms with Crippen molar-refractivity contribution in [2.75, 3.05) is 30.0 Å². The molecular formula is C21H21BrN2O5. The van der Waals surface area contributed by atoms with Crippen molar-refractivity contribution < 1.29 is 23.9 Å². The lowest BCUT2D eigenvalue weighted by atomic mass is 10.1. The SMILES string of the molecule is CCOc1ccccc1NC(=O)COC(=O)[C@H]1CC(=O)N(c2ccc(Br)cc2)C1. The van der Waals surface area contributed by atoms with Crippen molar-refractivity contribution in [1.29, 1.82) is 0 Å². The molecule has 8 heteroatoms. The highest BCUT2D eigenvalue weighted by Gasteiger charge is 2.36. The van der Waals surface area contributed by atoms with Gasteiger partial charge in [-0.2, -0.15) is 0 Å². The minimum absolute atomic E-state index is 0.0592. The van der Waals surface area contributed by atoms with E-state index in [0.29, 0.717) is 18.0 Å². The molecule has 1 aliphatic heterocycles. The van der Waals surface area contributed by atoms with Gasteiger partial charge >= 0.3 is 5.97 Å². The van der Waals surface area contributed by atoms with Crippen LogP contribution in [0.1, 0.15) is 13.3 Å². The summed E-state index contributed by atoms with van der Waals surface area (Å²) in [4.78, 5) is 38.3. The number of amides is 2. The molecule has 3 rings (SSSR count). The normalized spacial score (nSPS) is 15.9. The number of rotatable bonds is 7. The van der Waals surface area contributed by atoms with Gasteiger partial charge in [0.15, 0.2) is 6.61 Å². The molecule has 0 bridgehead atoms. The number of carbonyl (C=O) groups is 3. The molecule has 1 N–H and O–H groups in total. The Hall–Kier alpha value is -2.87. The van der Waals surface area contributed by atoms with Gasteiger partial charge in [0.1, 0.15) is 5.75 Å². The third kappa shape index (κ3) is 5.35. The number of anilines is 2. The molecule has 29 heavy (non-hydrogen) atoms. The van der Waals surface area contributed by atoms with Gasteiger partial charge in [0.05, 0.1) is 18.2 Å². The van der Waals surface area contributed by atoms with Gasteiger partial charge < -0.3 is 19.7 Å². The lowest BCUT2D eigenvalue weighted by Crippen LogP contribution is -2.28. The van der Waals surface area contributed by atoms with E-state index in [2.05, 4.69) is 21.2 Å². The van der Waals surface area contributed by atoms with Gasteiger partial charge in [0, 0.05) is 23.1 Å². The Morgan fingerprint density at radius 3 is 2.62 bits per heavy atom. The first-order chi connectivity index (χ1) is 14.0. The van der Waals surface area contributed by atoms with Crippen molar-refractivity contribution >= 4 is 45.1 Å². The first kappa shape index (κ1) is 20.9. The molecule has 0 spiro atoms. The molecule has 1 saturated heterocycles. The second-order valence-corrected chi connectivity index (χ2v) is 7.38. The van der Waals surface area contributed by atoms with E-state index < -0.39 is 24.4 Å². The van der Waals surface area contributed by atoms with Gasteiger partial charge in [0.2, 0.25) is 5.91 Å². The molecule has 1 fully saturated rings. The molecule has 2 amide bonds. The zero-order chi connectivity index (χ0) is 20.8. The number of carbonyl (C=O) groups excluding carboxylic acids is 3. The van der Waals surface area contributed by atoms with E-state index in [0.717, 1.165) is 10.2 Å². The maximum Gasteiger partial charge on any atom is 0.311 e. The third-order valence-electron chi connectivity index (χ3n) is 4.40. The highest BCUT2D eigenvalue weighted by molar-refractivity contribution is 9.10. The van der Waals surface area contributed by atoms with Crippen LogP contribution < -0.4 is 15.0 Å². The Balaban J connectivity index is 1.52. The Bertz CT molecular complexity index is 900.